The number of rotatable bonds is 4. The third kappa shape index (κ3) is 4.44. The van der Waals surface area contributed by atoms with E-state index in [0.717, 1.165) is 19.3 Å². The zero-order chi connectivity index (χ0) is 15.9. The minimum Gasteiger partial charge on any atom is -0.338 e. The summed E-state index contributed by atoms with van der Waals surface area (Å²) in [6.45, 7) is 3.84. The monoisotopic (exact) mass is 307 g/mol. The van der Waals surface area contributed by atoms with Gasteiger partial charge in [0.2, 0.25) is 0 Å². The summed E-state index contributed by atoms with van der Waals surface area (Å²) in [5, 5.41) is 5.70. The molecule has 22 heavy (non-hydrogen) atoms. The van der Waals surface area contributed by atoms with E-state index in [0.29, 0.717) is 25.2 Å². The molecular weight excluding hydrogens is 285 g/mol. The first kappa shape index (κ1) is 16.3. The third-order valence-corrected chi connectivity index (χ3v) is 3.74. The molecule has 1 aromatic rings. The van der Waals surface area contributed by atoms with Gasteiger partial charge >= 0.3 is 6.03 Å². The first-order valence-corrected chi connectivity index (χ1v) is 7.69. The fourth-order valence-corrected chi connectivity index (χ4v) is 2.48. The molecule has 0 aliphatic carbocycles. The molecule has 0 radical (unpaired) electrons. The Hall–Kier alpha value is -2.11. The van der Waals surface area contributed by atoms with Crippen LogP contribution in [0.25, 0.3) is 0 Å². The summed E-state index contributed by atoms with van der Waals surface area (Å²) in [5.74, 6) is -0.438. The molecule has 1 fully saturated rings. The Balaban J connectivity index is 1.80. The topological polar surface area (TPSA) is 61.4 Å². The molecule has 0 aromatic heterocycles. The molecule has 2 rings (SSSR count). The van der Waals surface area contributed by atoms with E-state index >= 15 is 0 Å². The van der Waals surface area contributed by atoms with E-state index in [-0.39, 0.29) is 23.8 Å². The number of benzene rings is 1. The quantitative estimate of drug-likeness (QED) is 0.895. The largest absolute Gasteiger partial charge is 0.338 e. The Labute approximate surface area is 129 Å². The van der Waals surface area contributed by atoms with Crippen molar-refractivity contribution in [1.29, 1.82) is 0 Å². The van der Waals surface area contributed by atoms with Gasteiger partial charge in [0.1, 0.15) is 5.82 Å². The van der Waals surface area contributed by atoms with Crippen LogP contribution in [0, 0.1) is 5.82 Å². The summed E-state index contributed by atoms with van der Waals surface area (Å²) < 4.78 is 12.9. The first-order valence-electron chi connectivity index (χ1n) is 7.69. The van der Waals surface area contributed by atoms with E-state index in [4.69, 9.17) is 0 Å². The average molecular weight is 307 g/mol. The molecule has 0 saturated carbocycles. The number of nitrogens with one attached hydrogen (secondary N) is 2. The molecular formula is C16H22FN3O2. The van der Waals surface area contributed by atoms with Crippen LogP contribution in [-0.2, 0) is 0 Å². The van der Waals surface area contributed by atoms with E-state index in [1.807, 2.05) is 6.92 Å². The highest BCUT2D eigenvalue weighted by Crippen LogP contribution is 2.14. The number of piperidine rings is 1. The van der Waals surface area contributed by atoms with Crippen LogP contribution >= 0.6 is 0 Å². The summed E-state index contributed by atoms with van der Waals surface area (Å²) in [5.41, 5.74) is 0.494. The number of likely N-dealkylation sites (tertiary alicyclic amines) is 1. The molecule has 1 aliphatic heterocycles. The number of amides is 3. The summed E-state index contributed by atoms with van der Waals surface area (Å²) in [6.07, 6.45) is 2.36. The molecule has 120 valence electrons. The molecule has 0 bridgehead atoms. The Morgan fingerprint density at radius 2 is 1.86 bits per heavy atom. The standard InChI is InChI=1S/C16H22FN3O2/c1-2-9-18-16(22)19-14-7-10-20(11-8-14)15(21)12-3-5-13(17)6-4-12/h3-6,14H,2,7-11H2,1H3,(H2,18,19,22). The van der Waals surface area contributed by atoms with Gasteiger partial charge in [0.15, 0.2) is 0 Å². The maximum atomic E-state index is 12.9. The maximum absolute atomic E-state index is 12.9. The zero-order valence-electron chi connectivity index (χ0n) is 12.8. The van der Waals surface area contributed by atoms with Crippen LogP contribution in [0.1, 0.15) is 36.5 Å². The first-order chi connectivity index (χ1) is 10.6. The van der Waals surface area contributed by atoms with Crippen LogP contribution in [0.5, 0.6) is 0 Å². The van der Waals surface area contributed by atoms with Gasteiger partial charge in [0, 0.05) is 31.2 Å². The summed E-state index contributed by atoms with van der Waals surface area (Å²) >= 11 is 0. The van der Waals surface area contributed by atoms with Gasteiger partial charge in [-0.1, -0.05) is 6.92 Å². The van der Waals surface area contributed by atoms with Crippen LogP contribution in [0.4, 0.5) is 9.18 Å². The van der Waals surface area contributed by atoms with Crippen LogP contribution < -0.4 is 10.6 Å². The van der Waals surface area contributed by atoms with E-state index in [1.165, 1.54) is 24.3 Å². The third-order valence-electron chi connectivity index (χ3n) is 3.74. The number of urea groups is 1. The molecule has 0 spiro atoms. The Morgan fingerprint density at radius 3 is 2.45 bits per heavy atom. The highest BCUT2D eigenvalue weighted by molar-refractivity contribution is 5.94. The smallest absolute Gasteiger partial charge is 0.315 e. The molecule has 6 heteroatoms. The normalized spacial score (nSPS) is 15.5. The van der Waals surface area contributed by atoms with Gasteiger partial charge in [-0.2, -0.15) is 0 Å². The van der Waals surface area contributed by atoms with Crippen molar-refractivity contribution in [3.05, 3.63) is 35.6 Å². The van der Waals surface area contributed by atoms with E-state index in [9.17, 15) is 14.0 Å². The zero-order valence-corrected chi connectivity index (χ0v) is 12.8. The predicted octanol–water partition coefficient (Wildman–Crippen LogP) is 2.14. The van der Waals surface area contributed by atoms with Crippen LogP contribution in [0.3, 0.4) is 0 Å². The average Bonchev–Trinajstić information content (AvgIpc) is 2.54. The van der Waals surface area contributed by atoms with Crippen molar-refractivity contribution in [3.8, 4) is 0 Å². The van der Waals surface area contributed by atoms with E-state index < -0.39 is 0 Å². The van der Waals surface area contributed by atoms with Gasteiger partial charge in [-0.3, -0.25) is 4.79 Å². The van der Waals surface area contributed by atoms with Crippen molar-refractivity contribution in [2.24, 2.45) is 0 Å². The maximum Gasteiger partial charge on any atom is 0.315 e. The van der Waals surface area contributed by atoms with E-state index in [1.54, 1.807) is 4.90 Å². The van der Waals surface area contributed by atoms with Gasteiger partial charge in [0.05, 0.1) is 0 Å². The van der Waals surface area contributed by atoms with Crippen molar-refractivity contribution in [2.45, 2.75) is 32.2 Å². The fraction of sp³-hybridized carbons (Fsp3) is 0.500. The lowest BCUT2D eigenvalue weighted by molar-refractivity contribution is 0.0708. The van der Waals surface area contributed by atoms with Gasteiger partial charge in [-0.25, -0.2) is 9.18 Å². The SMILES string of the molecule is CCCNC(=O)NC1CCN(C(=O)c2ccc(F)cc2)CC1. The van der Waals surface area contributed by atoms with Gasteiger partial charge in [-0.05, 0) is 43.5 Å². The molecule has 1 aliphatic rings. The molecule has 0 atom stereocenters. The molecule has 0 unspecified atom stereocenters. The second-order valence-electron chi connectivity index (χ2n) is 5.47. The molecule has 3 amide bonds. The van der Waals surface area contributed by atoms with Crippen molar-refractivity contribution in [1.82, 2.24) is 15.5 Å². The van der Waals surface area contributed by atoms with Crippen LogP contribution in [0.15, 0.2) is 24.3 Å². The van der Waals surface area contributed by atoms with Crippen LogP contribution in [0.2, 0.25) is 0 Å². The van der Waals surface area contributed by atoms with Gasteiger partial charge in [-0.15, -0.1) is 0 Å². The van der Waals surface area contributed by atoms with E-state index in [2.05, 4.69) is 10.6 Å². The summed E-state index contributed by atoms with van der Waals surface area (Å²) in [7, 11) is 0. The van der Waals surface area contributed by atoms with Crippen molar-refractivity contribution >= 4 is 11.9 Å². The molecule has 1 aromatic carbocycles. The summed E-state index contributed by atoms with van der Waals surface area (Å²) in [4.78, 5) is 25.6. The number of nitrogens with zero attached hydrogens (tertiary/aromatic N) is 1. The van der Waals surface area contributed by atoms with Gasteiger partial charge < -0.3 is 15.5 Å². The fourth-order valence-electron chi connectivity index (χ4n) is 2.48. The number of carbonyl (C=O) groups excluding carboxylic acids is 2. The number of hydrogen-bond donors (Lipinski definition) is 2. The number of carbonyl (C=O) groups is 2. The summed E-state index contributed by atoms with van der Waals surface area (Å²) in [6, 6.07) is 5.53. The lowest BCUT2D eigenvalue weighted by Crippen LogP contribution is -2.49. The van der Waals surface area contributed by atoms with Crippen molar-refractivity contribution in [3.63, 3.8) is 0 Å². The van der Waals surface area contributed by atoms with Crippen molar-refractivity contribution < 1.29 is 14.0 Å². The molecule has 5 nitrogen and oxygen atoms in total. The minimum atomic E-state index is -0.349. The van der Waals surface area contributed by atoms with Crippen molar-refractivity contribution in [2.75, 3.05) is 19.6 Å². The highest BCUT2D eigenvalue weighted by atomic mass is 19.1. The van der Waals surface area contributed by atoms with Gasteiger partial charge in [0.25, 0.3) is 5.91 Å². The Kier molecular flexibility index (Phi) is 5.75. The molecule has 1 heterocycles. The Morgan fingerprint density at radius 1 is 1.23 bits per heavy atom. The predicted molar refractivity (Wildman–Crippen MR) is 82.2 cm³/mol. The Bertz CT molecular complexity index is 511. The number of hydrogen-bond acceptors (Lipinski definition) is 2. The highest BCUT2D eigenvalue weighted by Gasteiger charge is 2.24. The lowest BCUT2D eigenvalue weighted by atomic mass is 10.0. The molecule has 1 saturated heterocycles. The number of halogens is 1. The molecule has 2 N–H and O–H groups in total. The second-order valence-corrected chi connectivity index (χ2v) is 5.47. The lowest BCUT2D eigenvalue weighted by Gasteiger charge is -2.32. The second kappa shape index (κ2) is 7.77. The van der Waals surface area contributed by atoms with Crippen LogP contribution in [-0.4, -0.2) is 42.5 Å². The minimum absolute atomic E-state index is 0.0890.